The molecule has 210 valence electrons. The minimum atomic E-state index is -4.83. The lowest BCUT2D eigenvalue weighted by molar-refractivity contribution is -0.140. The number of alkyl halides is 3. The Labute approximate surface area is 224 Å². The highest BCUT2D eigenvalue weighted by Gasteiger charge is 2.47. The van der Waals surface area contributed by atoms with Crippen LogP contribution in [0.3, 0.4) is 0 Å². The molecule has 3 atom stereocenters. The molecule has 3 aliphatic rings. The van der Waals surface area contributed by atoms with E-state index in [0.717, 1.165) is 50.8 Å². The molecule has 1 N–H and O–H groups in total. The maximum Gasteiger partial charge on any atom is 0.419 e. The third kappa shape index (κ3) is 5.54. The molecular formula is C28H32F4N4O3. The van der Waals surface area contributed by atoms with Crippen LogP contribution in [0.5, 0.6) is 5.75 Å². The molecule has 2 heterocycles. The molecule has 3 fully saturated rings. The molecule has 1 saturated carbocycles. The van der Waals surface area contributed by atoms with Crippen LogP contribution in [0.4, 0.5) is 28.9 Å². The van der Waals surface area contributed by atoms with Gasteiger partial charge in [-0.05, 0) is 62.1 Å². The largest absolute Gasteiger partial charge is 0.494 e. The molecule has 1 unspecified atom stereocenters. The first-order chi connectivity index (χ1) is 18.5. The summed E-state index contributed by atoms with van der Waals surface area (Å²) < 4.78 is 58.4. The van der Waals surface area contributed by atoms with Gasteiger partial charge in [0.2, 0.25) is 5.91 Å². The summed E-state index contributed by atoms with van der Waals surface area (Å²) in [5.74, 6) is -2.06. The molecule has 0 spiro atoms. The fraction of sp³-hybridized carbons (Fsp3) is 0.500. The zero-order valence-electron chi connectivity index (χ0n) is 21.9. The average molecular weight is 549 g/mol. The molecule has 2 bridgehead atoms. The van der Waals surface area contributed by atoms with Gasteiger partial charge in [0.25, 0.3) is 5.91 Å². The van der Waals surface area contributed by atoms with Gasteiger partial charge in [-0.25, -0.2) is 4.39 Å². The quantitative estimate of drug-likeness (QED) is 0.564. The Bertz CT molecular complexity index is 1230. The van der Waals surface area contributed by atoms with Crippen molar-refractivity contribution >= 4 is 23.2 Å². The summed E-state index contributed by atoms with van der Waals surface area (Å²) in [6.45, 7) is 4.33. The molecule has 1 aliphatic carbocycles. The number of likely N-dealkylation sites (tertiary alicyclic amines) is 1. The number of piperidine rings is 1. The Morgan fingerprint density at radius 2 is 1.64 bits per heavy atom. The average Bonchev–Trinajstić information content (AvgIpc) is 3.17. The molecular weight excluding hydrogens is 516 g/mol. The van der Waals surface area contributed by atoms with Gasteiger partial charge in [-0.15, -0.1) is 0 Å². The number of hydrogen-bond acceptors (Lipinski definition) is 5. The van der Waals surface area contributed by atoms with E-state index in [0.29, 0.717) is 23.6 Å². The molecule has 39 heavy (non-hydrogen) atoms. The molecule has 2 aliphatic heterocycles. The minimum absolute atomic E-state index is 0.0948. The first-order valence-corrected chi connectivity index (χ1v) is 13.1. The van der Waals surface area contributed by atoms with Crippen LogP contribution in [0.1, 0.15) is 28.8 Å². The van der Waals surface area contributed by atoms with E-state index in [2.05, 4.69) is 22.2 Å². The molecule has 2 aromatic carbocycles. The lowest BCUT2D eigenvalue weighted by Gasteiger charge is -2.37. The Morgan fingerprint density at radius 3 is 2.23 bits per heavy atom. The number of likely N-dealkylation sites (N-methyl/N-ethyl adjacent to an activating group) is 1. The molecule has 2 saturated heterocycles. The van der Waals surface area contributed by atoms with E-state index in [-0.39, 0.29) is 42.3 Å². The summed E-state index contributed by atoms with van der Waals surface area (Å²) in [4.78, 5) is 32.5. The van der Waals surface area contributed by atoms with Crippen LogP contribution in [-0.2, 0) is 11.0 Å². The van der Waals surface area contributed by atoms with Crippen LogP contribution in [0, 0.1) is 23.6 Å². The van der Waals surface area contributed by atoms with Gasteiger partial charge in [0.05, 0.1) is 18.4 Å². The van der Waals surface area contributed by atoms with Gasteiger partial charge < -0.3 is 24.8 Å². The summed E-state index contributed by atoms with van der Waals surface area (Å²) in [5, 5.41) is 3.02. The Hall–Kier alpha value is -3.34. The smallest absolute Gasteiger partial charge is 0.419 e. The maximum atomic E-state index is 14.1. The fourth-order valence-corrected chi connectivity index (χ4v) is 6.14. The van der Waals surface area contributed by atoms with Crippen molar-refractivity contribution in [1.82, 2.24) is 9.80 Å². The standard InChI is InChI=1S/C28H32F4N4O3/c1-34-9-11-35(12-10-34)20-6-8-23(24(14-20)39-2)33-26(37)25-18-3-4-19(25)16-36(15-18)27(38)17-5-7-21(22(29)13-17)28(30,31)32/h5-8,13-14,18-19,25H,3-4,9-12,15-16H2,1-2H3,(H,33,37)/t18-,19+,25?. The highest BCUT2D eigenvalue weighted by molar-refractivity contribution is 5.96. The first-order valence-electron chi connectivity index (χ1n) is 13.1. The first kappa shape index (κ1) is 27.2. The van der Waals surface area contributed by atoms with E-state index in [1.807, 2.05) is 18.2 Å². The van der Waals surface area contributed by atoms with E-state index >= 15 is 0 Å². The number of hydrogen-bond donors (Lipinski definition) is 1. The number of anilines is 2. The molecule has 7 nitrogen and oxygen atoms in total. The molecule has 0 radical (unpaired) electrons. The van der Waals surface area contributed by atoms with E-state index in [1.54, 1.807) is 7.11 Å². The number of benzene rings is 2. The second-order valence-electron chi connectivity index (χ2n) is 10.7. The second-order valence-corrected chi connectivity index (χ2v) is 10.7. The van der Waals surface area contributed by atoms with Crippen molar-refractivity contribution in [3.05, 3.63) is 53.3 Å². The van der Waals surface area contributed by atoms with Gasteiger partial charge in [0.1, 0.15) is 11.6 Å². The number of rotatable bonds is 5. The van der Waals surface area contributed by atoms with Crippen molar-refractivity contribution in [1.29, 1.82) is 0 Å². The SMILES string of the molecule is COc1cc(N2CCN(C)CC2)ccc1NC(=O)C1[C@@H]2CC[C@H]1CN(C(=O)c1ccc(C(F)(F)F)c(F)c1)C2. The van der Waals surface area contributed by atoms with Gasteiger partial charge in [0.15, 0.2) is 0 Å². The van der Waals surface area contributed by atoms with Gasteiger partial charge in [0, 0.05) is 62.5 Å². The second kappa shape index (κ2) is 10.7. The Kier molecular flexibility index (Phi) is 7.45. The molecule has 2 amide bonds. The van der Waals surface area contributed by atoms with Gasteiger partial charge in [-0.3, -0.25) is 9.59 Å². The number of amides is 2. The minimum Gasteiger partial charge on any atom is -0.494 e. The van der Waals surface area contributed by atoms with Crippen LogP contribution < -0.4 is 15.0 Å². The van der Waals surface area contributed by atoms with Gasteiger partial charge >= 0.3 is 6.18 Å². The van der Waals surface area contributed by atoms with Crippen molar-refractivity contribution in [3.8, 4) is 5.75 Å². The van der Waals surface area contributed by atoms with E-state index < -0.39 is 23.5 Å². The predicted octanol–water partition coefficient (Wildman–Crippen LogP) is 4.34. The van der Waals surface area contributed by atoms with E-state index in [4.69, 9.17) is 4.74 Å². The number of methoxy groups -OCH3 is 1. The van der Waals surface area contributed by atoms with Crippen molar-refractivity contribution in [2.45, 2.75) is 19.0 Å². The topological polar surface area (TPSA) is 65.1 Å². The van der Waals surface area contributed by atoms with Crippen LogP contribution >= 0.6 is 0 Å². The van der Waals surface area contributed by atoms with Crippen LogP contribution in [0.2, 0.25) is 0 Å². The number of carbonyl (C=O) groups excluding carboxylic acids is 2. The van der Waals surface area contributed by atoms with E-state index in [9.17, 15) is 27.2 Å². The number of halogens is 4. The van der Waals surface area contributed by atoms with Crippen molar-refractivity contribution in [3.63, 3.8) is 0 Å². The lowest BCUT2D eigenvalue weighted by atomic mass is 9.84. The predicted molar refractivity (Wildman–Crippen MR) is 138 cm³/mol. The van der Waals surface area contributed by atoms with E-state index in [1.165, 1.54) is 4.90 Å². The highest BCUT2D eigenvalue weighted by Crippen LogP contribution is 2.43. The summed E-state index contributed by atoms with van der Waals surface area (Å²) >= 11 is 0. The lowest BCUT2D eigenvalue weighted by Crippen LogP contribution is -2.48. The molecule has 2 aromatic rings. The van der Waals surface area contributed by atoms with Crippen molar-refractivity contribution in [2.24, 2.45) is 17.8 Å². The molecule has 0 aromatic heterocycles. The third-order valence-corrected chi connectivity index (χ3v) is 8.26. The van der Waals surface area contributed by atoms with Crippen LogP contribution in [-0.4, -0.2) is 75.0 Å². The highest BCUT2D eigenvalue weighted by atomic mass is 19.4. The van der Waals surface area contributed by atoms with Crippen LogP contribution in [0.15, 0.2) is 36.4 Å². The maximum absolute atomic E-state index is 14.1. The third-order valence-electron chi connectivity index (χ3n) is 8.26. The summed E-state index contributed by atoms with van der Waals surface area (Å²) in [6.07, 6.45) is -3.31. The van der Waals surface area contributed by atoms with Crippen molar-refractivity contribution in [2.75, 3.05) is 63.6 Å². The number of nitrogens with one attached hydrogen (secondary N) is 1. The Morgan fingerprint density at radius 1 is 0.974 bits per heavy atom. The monoisotopic (exact) mass is 548 g/mol. The number of carbonyl (C=O) groups is 2. The zero-order chi connectivity index (χ0) is 27.9. The van der Waals surface area contributed by atoms with Crippen molar-refractivity contribution < 1.29 is 31.9 Å². The number of ether oxygens (including phenoxy) is 1. The van der Waals surface area contributed by atoms with Crippen LogP contribution in [0.25, 0.3) is 0 Å². The normalized spacial score (nSPS) is 23.6. The fourth-order valence-electron chi connectivity index (χ4n) is 6.14. The number of nitrogens with zero attached hydrogens (tertiary/aromatic N) is 3. The summed E-state index contributed by atoms with van der Waals surface area (Å²) in [6, 6.07) is 8.00. The molecule has 5 rings (SSSR count). The van der Waals surface area contributed by atoms with Gasteiger partial charge in [-0.2, -0.15) is 13.2 Å². The van der Waals surface area contributed by atoms with Gasteiger partial charge in [-0.1, -0.05) is 0 Å². The number of piperazine rings is 1. The summed E-state index contributed by atoms with van der Waals surface area (Å²) in [5.41, 5.74) is 0.0810. The summed E-state index contributed by atoms with van der Waals surface area (Å²) in [7, 11) is 3.66. The molecule has 11 heteroatoms. The Balaban J connectivity index is 1.25. The zero-order valence-corrected chi connectivity index (χ0v) is 21.9. The number of fused-ring (bicyclic) bond motifs is 2.